The van der Waals surface area contributed by atoms with Crippen molar-refractivity contribution in [3.8, 4) is 0 Å². The first-order valence-electron chi connectivity index (χ1n) is 6.33. The van der Waals surface area contributed by atoms with E-state index in [0.29, 0.717) is 5.92 Å². The van der Waals surface area contributed by atoms with Crippen LogP contribution in [-0.4, -0.2) is 27.9 Å². The summed E-state index contributed by atoms with van der Waals surface area (Å²) >= 11 is 0. The molecule has 1 aromatic rings. The maximum Gasteiger partial charge on any atom is 0.132 e. The van der Waals surface area contributed by atoms with Crippen LogP contribution in [0.5, 0.6) is 0 Å². The van der Waals surface area contributed by atoms with Crippen molar-refractivity contribution < 1.29 is 0 Å². The summed E-state index contributed by atoms with van der Waals surface area (Å²) in [7, 11) is 0. The summed E-state index contributed by atoms with van der Waals surface area (Å²) in [6.07, 6.45) is 5.49. The highest BCUT2D eigenvalue weighted by atomic mass is 15.3. The minimum Gasteiger partial charge on any atom is -0.317 e. The van der Waals surface area contributed by atoms with Crippen molar-refractivity contribution in [1.82, 2.24) is 20.1 Å². The Morgan fingerprint density at radius 3 is 3.12 bits per heavy atom. The maximum atomic E-state index is 4.22. The van der Waals surface area contributed by atoms with Crippen LogP contribution in [0.4, 0.5) is 0 Å². The van der Waals surface area contributed by atoms with Gasteiger partial charge < -0.3 is 9.88 Å². The molecule has 1 atom stereocenters. The van der Waals surface area contributed by atoms with Crippen LogP contribution < -0.4 is 5.32 Å². The van der Waals surface area contributed by atoms with Crippen LogP contribution in [0.1, 0.15) is 32.5 Å². The summed E-state index contributed by atoms with van der Waals surface area (Å²) < 4.78 is 2.20. The molecule has 1 unspecified atom stereocenters. The molecule has 2 heterocycles. The fourth-order valence-electron chi connectivity index (χ4n) is 2.31. The molecule has 0 bridgehead atoms. The van der Waals surface area contributed by atoms with Gasteiger partial charge in [0.25, 0.3) is 0 Å². The molecule has 0 aromatic carbocycles. The molecule has 0 spiro atoms. The highest BCUT2D eigenvalue weighted by Crippen LogP contribution is 2.15. The number of rotatable bonds is 5. The van der Waals surface area contributed by atoms with Crippen LogP contribution in [0.15, 0.2) is 6.33 Å². The second kappa shape index (κ2) is 5.43. The lowest BCUT2D eigenvalue weighted by Gasteiger charge is -2.10. The predicted octanol–water partition coefficient (Wildman–Crippen LogP) is 1.48. The van der Waals surface area contributed by atoms with Crippen molar-refractivity contribution in [1.29, 1.82) is 0 Å². The number of aromatic nitrogens is 3. The van der Waals surface area contributed by atoms with Crippen molar-refractivity contribution >= 4 is 0 Å². The molecule has 0 radical (unpaired) electrons. The Hall–Kier alpha value is -0.900. The Morgan fingerprint density at radius 1 is 1.56 bits per heavy atom. The van der Waals surface area contributed by atoms with E-state index in [4.69, 9.17) is 0 Å². The Balaban J connectivity index is 1.85. The molecule has 16 heavy (non-hydrogen) atoms. The summed E-state index contributed by atoms with van der Waals surface area (Å²) in [4.78, 5) is 0. The largest absolute Gasteiger partial charge is 0.317 e. The number of aryl methyl sites for hydroxylation is 1. The molecule has 1 aliphatic rings. The summed E-state index contributed by atoms with van der Waals surface area (Å²) in [5.41, 5.74) is 0. The summed E-state index contributed by atoms with van der Waals surface area (Å²) in [6.45, 7) is 7.85. The topological polar surface area (TPSA) is 42.7 Å². The van der Waals surface area contributed by atoms with E-state index < -0.39 is 0 Å². The maximum absolute atomic E-state index is 4.22. The van der Waals surface area contributed by atoms with Gasteiger partial charge in [-0.25, -0.2) is 0 Å². The van der Waals surface area contributed by atoms with Gasteiger partial charge in [-0.1, -0.05) is 13.8 Å². The van der Waals surface area contributed by atoms with Crippen molar-refractivity contribution in [2.24, 2.45) is 11.8 Å². The van der Waals surface area contributed by atoms with Crippen LogP contribution >= 0.6 is 0 Å². The summed E-state index contributed by atoms with van der Waals surface area (Å²) in [5.74, 6) is 2.65. The van der Waals surface area contributed by atoms with Gasteiger partial charge in [-0.15, -0.1) is 10.2 Å². The first-order chi connectivity index (χ1) is 7.75. The van der Waals surface area contributed by atoms with Crippen molar-refractivity contribution in [3.05, 3.63) is 12.2 Å². The normalized spacial score (nSPS) is 20.8. The van der Waals surface area contributed by atoms with Crippen molar-refractivity contribution in [2.45, 2.75) is 39.7 Å². The van der Waals surface area contributed by atoms with E-state index in [1.54, 1.807) is 0 Å². The van der Waals surface area contributed by atoms with Crippen molar-refractivity contribution in [2.75, 3.05) is 13.1 Å². The molecule has 0 saturated carbocycles. The standard InChI is InChI=1S/C12H22N4/c1-10(2)8-16-9-14-15-12(16)4-3-11-5-6-13-7-11/h9-11,13H,3-8H2,1-2H3. The SMILES string of the molecule is CC(C)Cn1cnnc1CCC1CCNC1. The van der Waals surface area contributed by atoms with Gasteiger partial charge in [-0.3, -0.25) is 0 Å². The van der Waals surface area contributed by atoms with Crippen LogP contribution in [-0.2, 0) is 13.0 Å². The van der Waals surface area contributed by atoms with Gasteiger partial charge in [-0.2, -0.15) is 0 Å². The molecule has 1 aromatic heterocycles. The molecule has 0 aliphatic carbocycles. The molecular weight excluding hydrogens is 200 g/mol. The van der Waals surface area contributed by atoms with Crippen molar-refractivity contribution in [3.63, 3.8) is 0 Å². The third kappa shape index (κ3) is 3.04. The first-order valence-corrected chi connectivity index (χ1v) is 6.33. The zero-order valence-corrected chi connectivity index (χ0v) is 10.3. The van der Waals surface area contributed by atoms with E-state index >= 15 is 0 Å². The zero-order valence-electron chi connectivity index (χ0n) is 10.3. The second-order valence-corrected chi connectivity index (χ2v) is 5.19. The van der Waals surface area contributed by atoms with Crippen LogP contribution in [0.2, 0.25) is 0 Å². The van der Waals surface area contributed by atoms with E-state index in [1.165, 1.54) is 25.9 Å². The van der Waals surface area contributed by atoms with E-state index in [1.807, 2.05) is 6.33 Å². The monoisotopic (exact) mass is 222 g/mol. The molecule has 4 heteroatoms. The quantitative estimate of drug-likeness (QED) is 0.820. The molecule has 1 fully saturated rings. The van der Waals surface area contributed by atoms with Gasteiger partial charge in [0.2, 0.25) is 0 Å². The Morgan fingerprint density at radius 2 is 2.44 bits per heavy atom. The van der Waals surface area contributed by atoms with Gasteiger partial charge >= 0.3 is 0 Å². The van der Waals surface area contributed by atoms with Crippen LogP contribution in [0.3, 0.4) is 0 Å². The average Bonchev–Trinajstić information content (AvgIpc) is 2.84. The van der Waals surface area contributed by atoms with E-state index in [2.05, 4.69) is 33.9 Å². The van der Waals surface area contributed by atoms with Crippen LogP contribution in [0, 0.1) is 11.8 Å². The van der Waals surface area contributed by atoms with Gasteiger partial charge in [0.15, 0.2) is 0 Å². The lowest BCUT2D eigenvalue weighted by molar-refractivity contribution is 0.479. The molecule has 2 rings (SSSR count). The Bertz CT molecular complexity index is 313. The van der Waals surface area contributed by atoms with E-state index in [0.717, 1.165) is 24.7 Å². The van der Waals surface area contributed by atoms with Gasteiger partial charge in [-0.05, 0) is 37.8 Å². The molecule has 1 N–H and O–H groups in total. The number of hydrogen-bond acceptors (Lipinski definition) is 3. The number of nitrogens with one attached hydrogen (secondary N) is 1. The lowest BCUT2D eigenvalue weighted by atomic mass is 10.0. The number of hydrogen-bond donors (Lipinski definition) is 1. The van der Waals surface area contributed by atoms with Crippen LogP contribution in [0.25, 0.3) is 0 Å². The molecule has 90 valence electrons. The fourth-order valence-corrected chi connectivity index (χ4v) is 2.31. The highest BCUT2D eigenvalue weighted by Gasteiger charge is 2.15. The molecule has 1 saturated heterocycles. The minimum atomic E-state index is 0.655. The fraction of sp³-hybridized carbons (Fsp3) is 0.833. The first kappa shape index (κ1) is 11.6. The third-order valence-electron chi connectivity index (χ3n) is 3.20. The van der Waals surface area contributed by atoms with Gasteiger partial charge in [0.1, 0.15) is 12.2 Å². The lowest BCUT2D eigenvalue weighted by Crippen LogP contribution is -2.12. The molecule has 0 amide bonds. The van der Waals surface area contributed by atoms with E-state index in [-0.39, 0.29) is 0 Å². The minimum absolute atomic E-state index is 0.655. The molecule has 1 aliphatic heterocycles. The molecular formula is C12H22N4. The average molecular weight is 222 g/mol. The Kier molecular flexibility index (Phi) is 3.93. The number of nitrogens with zero attached hydrogens (tertiary/aromatic N) is 3. The van der Waals surface area contributed by atoms with Gasteiger partial charge in [0.05, 0.1) is 0 Å². The Labute approximate surface area is 97.5 Å². The second-order valence-electron chi connectivity index (χ2n) is 5.19. The predicted molar refractivity (Wildman–Crippen MR) is 64.2 cm³/mol. The third-order valence-corrected chi connectivity index (χ3v) is 3.20. The molecule has 4 nitrogen and oxygen atoms in total. The summed E-state index contributed by atoms with van der Waals surface area (Å²) in [6, 6.07) is 0. The van der Waals surface area contributed by atoms with E-state index in [9.17, 15) is 0 Å². The zero-order chi connectivity index (χ0) is 11.4. The smallest absolute Gasteiger partial charge is 0.132 e. The van der Waals surface area contributed by atoms with Gasteiger partial charge in [0, 0.05) is 13.0 Å². The highest BCUT2D eigenvalue weighted by molar-refractivity contribution is 4.88. The summed E-state index contributed by atoms with van der Waals surface area (Å²) in [5, 5.41) is 11.6.